The molecule has 0 aliphatic carbocycles. The Hall–Kier alpha value is -2.45. The molecular weight excluding hydrogens is 368 g/mol. The van der Waals surface area contributed by atoms with Crippen LogP contribution < -0.4 is 16.4 Å². The summed E-state index contributed by atoms with van der Waals surface area (Å²) in [7, 11) is 0. The van der Waals surface area contributed by atoms with Crippen molar-refractivity contribution >= 4 is 23.4 Å². The molecule has 1 aliphatic heterocycles. The summed E-state index contributed by atoms with van der Waals surface area (Å²) in [5.41, 5.74) is 7.03. The van der Waals surface area contributed by atoms with Gasteiger partial charge in [-0.25, -0.2) is 4.68 Å². The molecule has 1 atom stereocenters. The first-order valence-corrected chi connectivity index (χ1v) is 9.30. The number of amides is 2. The molecule has 4 N–H and O–H groups in total. The zero-order chi connectivity index (χ0) is 19.4. The topological polar surface area (TPSA) is 115 Å². The fourth-order valence-corrected chi connectivity index (χ4v) is 3.55. The highest BCUT2D eigenvalue weighted by atomic mass is 35.5. The van der Waals surface area contributed by atoms with Crippen LogP contribution in [0.3, 0.4) is 0 Å². The highest BCUT2D eigenvalue weighted by molar-refractivity contribution is 6.30. The van der Waals surface area contributed by atoms with E-state index < -0.39 is 11.9 Å². The third-order valence-corrected chi connectivity index (χ3v) is 4.99. The van der Waals surface area contributed by atoms with Gasteiger partial charge in [-0.15, -0.1) is 5.10 Å². The highest BCUT2D eigenvalue weighted by Gasteiger charge is 2.25. The van der Waals surface area contributed by atoms with Gasteiger partial charge in [0, 0.05) is 5.02 Å². The molecule has 2 heterocycles. The number of hydrogen-bond acceptors (Lipinski definition) is 5. The van der Waals surface area contributed by atoms with Gasteiger partial charge < -0.3 is 16.4 Å². The van der Waals surface area contributed by atoms with E-state index >= 15 is 0 Å². The lowest BCUT2D eigenvalue weighted by Crippen LogP contribution is -2.33. The van der Waals surface area contributed by atoms with Crippen LogP contribution in [0.5, 0.6) is 0 Å². The van der Waals surface area contributed by atoms with Crippen molar-refractivity contribution in [3.8, 4) is 0 Å². The predicted octanol–water partition coefficient (Wildman–Crippen LogP) is 1.51. The number of halogens is 1. The van der Waals surface area contributed by atoms with E-state index in [2.05, 4.69) is 20.9 Å². The number of nitrogens with two attached hydrogens (primary N) is 1. The number of benzene rings is 1. The van der Waals surface area contributed by atoms with Crippen LogP contribution in [0.1, 0.15) is 53.1 Å². The van der Waals surface area contributed by atoms with E-state index in [0.29, 0.717) is 16.3 Å². The van der Waals surface area contributed by atoms with Gasteiger partial charge in [0.05, 0.1) is 24.2 Å². The van der Waals surface area contributed by atoms with Crippen molar-refractivity contribution < 1.29 is 9.59 Å². The van der Waals surface area contributed by atoms with Gasteiger partial charge in [-0.3, -0.25) is 9.59 Å². The molecule has 1 aromatic carbocycles. The number of aromatic nitrogens is 3. The van der Waals surface area contributed by atoms with Crippen molar-refractivity contribution in [2.75, 3.05) is 13.1 Å². The standard InChI is InChI=1S/C18H23ClN6O2/c1-11-17(23-24-25(11)14-5-7-21-8-6-14)18(27)22-15(10-16(20)26)12-3-2-4-13(19)9-12/h2-4,9,14-15,21H,5-8,10H2,1H3,(H2,20,26)(H,22,27)/t15-/m1/s1. The Morgan fingerprint density at radius 3 is 2.81 bits per heavy atom. The molecule has 1 saturated heterocycles. The maximum atomic E-state index is 12.8. The molecule has 9 heteroatoms. The van der Waals surface area contributed by atoms with Crippen LogP contribution in [0, 0.1) is 6.92 Å². The Morgan fingerprint density at radius 1 is 1.41 bits per heavy atom. The van der Waals surface area contributed by atoms with Crippen LogP contribution in [0.2, 0.25) is 5.02 Å². The molecule has 1 aromatic heterocycles. The molecule has 0 radical (unpaired) electrons. The lowest BCUT2D eigenvalue weighted by Gasteiger charge is -2.23. The molecule has 1 aliphatic rings. The number of carbonyl (C=O) groups excluding carboxylic acids is 2. The van der Waals surface area contributed by atoms with E-state index in [4.69, 9.17) is 17.3 Å². The average Bonchev–Trinajstić information content (AvgIpc) is 3.03. The van der Waals surface area contributed by atoms with E-state index in [1.807, 2.05) is 11.6 Å². The Morgan fingerprint density at radius 2 is 2.15 bits per heavy atom. The van der Waals surface area contributed by atoms with Crippen LogP contribution in [0.4, 0.5) is 0 Å². The predicted molar refractivity (Wildman–Crippen MR) is 101 cm³/mol. The van der Waals surface area contributed by atoms with Crippen LogP contribution in [0.15, 0.2) is 24.3 Å². The Bertz CT molecular complexity index is 831. The number of nitrogens with one attached hydrogen (secondary N) is 2. The van der Waals surface area contributed by atoms with Gasteiger partial charge in [-0.2, -0.15) is 0 Å². The minimum absolute atomic E-state index is 0.0342. The molecule has 0 bridgehead atoms. The molecule has 0 saturated carbocycles. The Kier molecular flexibility index (Phi) is 6.08. The van der Waals surface area contributed by atoms with Crippen molar-refractivity contribution in [2.24, 2.45) is 5.73 Å². The SMILES string of the molecule is Cc1c(C(=O)N[C@H](CC(N)=O)c2cccc(Cl)c2)nnn1C1CCNCC1. The molecule has 1 fully saturated rings. The molecule has 3 rings (SSSR count). The van der Waals surface area contributed by atoms with Crippen molar-refractivity contribution in [1.82, 2.24) is 25.6 Å². The van der Waals surface area contributed by atoms with Crippen molar-refractivity contribution in [3.05, 3.63) is 46.2 Å². The summed E-state index contributed by atoms with van der Waals surface area (Å²) in [5, 5.41) is 14.9. The first kappa shape index (κ1) is 19.3. The molecule has 27 heavy (non-hydrogen) atoms. The van der Waals surface area contributed by atoms with E-state index in [1.165, 1.54) is 0 Å². The first-order valence-electron chi connectivity index (χ1n) is 8.93. The number of nitrogens with zero attached hydrogens (tertiary/aromatic N) is 3. The van der Waals surface area contributed by atoms with E-state index in [1.54, 1.807) is 24.3 Å². The number of piperidine rings is 1. The summed E-state index contributed by atoms with van der Waals surface area (Å²) >= 11 is 6.03. The minimum atomic E-state index is -0.586. The maximum absolute atomic E-state index is 12.8. The van der Waals surface area contributed by atoms with Gasteiger partial charge in [0.15, 0.2) is 5.69 Å². The summed E-state index contributed by atoms with van der Waals surface area (Å²) in [6, 6.07) is 6.62. The maximum Gasteiger partial charge on any atom is 0.274 e. The van der Waals surface area contributed by atoms with Gasteiger partial charge in [0.25, 0.3) is 5.91 Å². The lowest BCUT2D eigenvalue weighted by atomic mass is 10.0. The van der Waals surface area contributed by atoms with Crippen molar-refractivity contribution in [2.45, 2.75) is 38.3 Å². The zero-order valence-corrected chi connectivity index (χ0v) is 15.9. The fraction of sp³-hybridized carbons (Fsp3) is 0.444. The van der Waals surface area contributed by atoms with E-state index in [9.17, 15) is 9.59 Å². The summed E-state index contributed by atoms with van der Waals surface area (Å²) < 4.78 is 1.82. The molecule has 0 unspecified atom stereocenters. The zero-order valence-electron chi connectivity index (χ0n) is 15.1. The second-order valence-corrected chi connectivity index (χ2v) is 7.14. The van der Waals surface area contributed by atoms with Crippen LogP contribution in [0.25, 0.3) is 0 Å². The summed E-state index contributed by atoms with van der Waals surface area (Å²) in [5.74, 6) is -0.908. The van der Waals surface area contributed by atoms with Gasteiger partial charge in [-0.1, -0.05) is 28.9 Å². The number of primary amides is 1. The monoisotopic (exact) mass is 390 g/mol. The third-order valence-electron chi connectivity index (χ3n) is 4.76. The quantitative estimate of drug-likeness (QED) is 0.691. The average molecular weight is 391 g/mol. The Balaban J connectivity index is 1.79. The van der Waals surface area contributed by atoms with Gasteiger partial charge in [-0.05, 0) is 50.6 Å². The van der Waals surface area contributed by atoms with Gasteiger partial charge in [0.2, 0.25) is 5.91 Å². The van der Waals surface area contributed by atoms with Gasteiger partial charge >= 0.3 is 0 Å². The van der Waals surface area contributed by atoms with E-state index in [-0.39, 0.29) is 24.1 Å². The molecule has 8 nitrogen and oxygen atoms in total. The molecule has 2 aromatic rings. The van der Waals surface area contributed by atoms with Gasteiger partial charge in [0.1, 0.15) is 0 Å². The minimum Gasteiger partial charge on any atom is -0.370 e. The van der Waals surface area contributed by atoms with Crippen LogP contribution >= 0.6 is 11.6 Å². The molecule has 2 amide bonds. The second-order valence-electron chi connectivity index (χ2n) is 6.70. The Labute approximate surface area is 162 Å². The smallest absolute Gasteiger partial charge is 0.274 e. The van der Waals surface area contributed by atoms with Crippen molar-refractivity contribution in [3.63, 3.8) is 0 Å². The number of carbonyl (C=O) groups is 2. The summed E-state index contributed by atoms with van der Waals surface area (Å²) in [6.45, 7) is 3.67. The summed E-state index contributed by atoms with van der Waals surface area (Å²) in [4.78, 5) is 24.3. The number of rotatable bonds is 6. The first-order chi connectivity index (χ1) is 13.0. The molecule has 0 spiro atoms. The fourth-order valence-electron chi connectivity index (χ4n) is 3.35. The van der Waals surface area contributed by atoms with Crippen molar-refractivity contribution in [1.29, 1.82) is 0 Å². The highest BCUT2D eigenvalue weighted by Crippen LogP contribution is 2.23. The molecule has 144 valence electrons. The normalized spacial score (nSPS) is 16.1. The van der Waals surface area contributed by atoms with Crippen LogP contribution in [-0.2, 0) is 4.79 Å². The third kappa shape index (κ3) is 4.64. The van der Waals surface area contributed by atoms with Crippen LogP contribution in [-0.4, -0.2) is 39.9 Å². The second kappa shape index (κ2) is 8.49. The van der Waals surface area contributed by atoms with E-state index in [0.717, 1.165) is 25.9 Å². The number of hydrogen-bond donors (Lipinski definition) is 3. The molecular formula is C18H23ClN6O2. The largest absolute Gasteiger partial charge is 0.370 e. The summed E-state index contributed by atoms with van der Waals surface area (Å²) in [6.07, 6.45) is 1.85. The lowest BCUT2D eigenvalue weighted by molar-refractivity contribution is -0.118.